The smallest absolute Gasteiger partial charge is 0.339 e. The fourth-order valence-electron chi connectivity index (χ4n) is 1.72. The molecular formula is C12H22Cl2O2. The molecule has 0 amide bonds. The standard InChI is InChI=1S/C12H22Cl2O2/c1-4-7-8-12(5-2,6-3)9-16-11(15)10(13)14/h10H,4-9H2,1-3H3. The Labute approximate surface area is 109 Å². The third-order valence-electron chi connectivity index (χ3n) is 3.26. The minimum atomic E-state index is -1.07. The highest BCUT2D eigenvalue weighted by atomic mass is 35.5. The molecule has 96 valence electrons. The number of carbonyl (C=O) groups is 1. The Hall–Kier alpha value is 0.0500. The normalized spacial score (nSPS) is 11.9. The van der Waals surface area contributed by atoms with Crippen LogP contribution in [0.3, 0.4) is 0 Å². The van der Waals surface area contributed by atoms with E-state index in [2.05, 4.69) is 20.8 Å². The van der Waals surface area contributed by atoms with Gasteiger partial charge in [-0.05, 0) is 19.3 Å². The van der Waals surface area contributed by atoms with Crippen molar-refractivity contribution in [2.75, 3.05) is 6.61 Å². The Bertz CT molecular complexity index is 201. The van der Waals surface area contributed by atoms with Gasteiger partial charge in [-0.1, -0.05) is 56.8 Å². The lowest BCUT2D eigenvalue weighted by molar-refractivity contribution is -0.145. The van der Waals surface area contributed by atoms with Gasteiger partial charge in [0.25, 0.3) is 0 Å². The first-order chi connectivity index (χ1) is 7.51. The van der Waals surface area contributed by atoms with Crippen LogP contribution in [0.5, 0.6) is 0 Å². The highest BCUT2D eigenvalue weighted by Gasteiger charge is 2.28. The van der Waals surface area contributed by atoms with E-state index in [1.165, 1.54) is 0 Å². The van der Waals surface area contributed by atoms with Crippen LogP contribution in [-0.4, -0.2) is 17.4 Å². The number of hydrogen-bond acceptors (Lipinski definition) is 2. The molecule has 0 bridgehead atoms. The molecule has 0 aliphatic heterocycles. The van der Waals surface area contributed by atoms with Gasteiger partial charge in [0.1, 0.15) is 0 Å². The second kappa shape index (κ2) is 8.19. The SMILES string of the molecule is CCCCC(CC)(CC)COC(=O)C(Cl)Cl. The van der Waals surface area contributed by atoms with Gasteiger partial charge >= 0.3 is 5.97 Å². The number of halogens is 2. The summed E-state index contributed by atoms with van der Waals surface area (Å²) in [6, 6.07) is 0. The van der Waals surface area contributed by atoms with E-state index in [0.717, 1.165) is 32.1 Å². The first-order valence-corrected chi connectivity index (χ1v) is 6.83. The van der Waals surface area contributed by atoms with E-state index < -0.39 is 10.8 Å². The molecule has 0 aromatic carbocycles. The molecule has 0 spiro atoms. The summed E-state index contributed by atoms with van der Waals surface area (Å²) in [5.41, 5.74) is 0.0916. The summed E-state index contributed by atoms with van der Waals surface area (Å²) in [7, 11) is 0. The quantitative estimate of drug-likeness (QED) is 0.484. The van der Waals surface area contributed by atoms with Gasteiger partial charge in [0.05, 0.1) is 6.61 Å². The lowest BCUT2D eigenvalue weighted by Crippen LogP contribution is -2.28. The van der Waals surface area contributed by atoms with Crippen molar-refractivity contribution in [2.24, 2.45) is 5.41 Å². The van der Waals surface area contributed by atoms with E-state index in [0.29, 0.717) is 6.61 Å². The summed E-state index contributed by atoms with van der Waals surface area (Å²) in [6.07, 6.45) is 5.41. The lowest BCUT2D eigenvalue weighted by Gasteiger charge is -2.31. The first-order valence-electron chi connectivity index (χ1n) is 5.96. The average Bonchev–Trinajstić information content (AvgIpc) is 2.29. The van der Waals surface area contributed by atoms with Crippen molar-refractivity contribution in [1.82, 2.24) is 0 Å². The maximum Gasteiger partial charge on any atom is 0.339 e. The van der Waals surface area contributed by atoms with Crippen molar-refractivity contribution in [3.05, 3.63) is 0 Å². The number of ether oxygens (including phenoxy) is 1. The molecule has 0 rings (SSSR count). The van der Waals surface area contributed by atoms with Gasteiger partial charge in [0.15, 0.2) is 0 Å². The largest absolute Gasteiger partial charge is 0.463 e. The Kier molecular flexibility index (Phi) is 8.21. The molecule has 0 heterocycles. The Morgan fingerprint density at radius 2 is 1.81 bits per heavy atom. The highest BCUT2D eigenvalue weighted by Crippen LogP contribution is 2.33. The van der Waals surface area contributed by atoms with E-state index >= 15 is 0 Å². The fourth-order valence-corrected chi connectivity index (χ4v) is 1.84. The van der Waals surface area contributed by atoms with Crippen molar-refractivity contribution >= 4 is 29.2 Å². The molecule has 4 heteroatoms. The monoisotopic (exact) mass is 268 g/mol. The van der Waals surface area contributed by atoms with Crippen LogP contribution in [0.4, 0.5) is 0 Å². The van der Waals surface area contributed by atoms with Crippen molar-refractivity contribution in [3.63, 3.8) is 0 Å². The van der Waals surface area contributed by atoms with Gasteiger partial charge in [-0.15, -0.1) is 0 Å². The van der Waals surface area contributed by atoms with Gasteiger partial charge in [-0.25, -0.2) is 4.79 Å². The Morgan fingerprint density at radius 3 is 2.19 bits per heavy atom. The van der Waals surface area contributed by atoms with E-state index in [1.54, 1.807) is 0 Å². The predicted molar refractivity (Wildman–Crippen MR) is 69.0 cm³/mol. The third-order valence-corrected chi connectivity index (χ3v) is 3.62. The summed E-state index contributed by atoms with van der Waals surface area (Å²) in [5, 5.41) is 0. The van der Waals surface area contributed by atoms with Crippen molar-refractivity contribution in [1.29, 1.82) is 0 Å². The molecule has 0 aliphatic carbocycles. The van der Waals surface area contributed by atoms with Gasteiger partial charge in [0, 0.05) is 5.41 Å². The van der Waals surface area contributed by atoms with Gasteiger partial charge in [-0.2, -0.15) is 0 Å². The molecule has 0 unspecified atom stereocenters. The van der Waals surface area contributed by atoms with E-state index in [1.807, 2.05) is 0 Å². The third kappa shape index (κ3) is 5.40. The van der Waals surface area contributed by atoms with Crippen LogP contribution in [0.2, 0.25) is 0 Å². The van der Waals surface area contributed by atoms with E-state index in [9.17, 15) is 4.79 Å². The molecule has 2 nitrogen and oxygen atoms in total. The second-order valence-corrected chi connectivity index (χ2v) is 5.32. The minimum Gasteiger partial charge on any atom is -0.463 e. The zero-order valence-electron chi connectivity index (χ0n) is 10.4. The lowest BCUT2D eigenvalue weighted by atomic mass is 9.78. The minimum absolute atomic E-state index is 0.0916. The summed E-state index contributed by atoms with van der Waals surface area (Å²) < 4.78 is 5.14. The van der Waals surface area contributed by atoms with Crippen LogP contribution in [0.1, 0.15) is 52.9 Å². The van der Waals surface area contributed by atoms with Crippen molar-refractivity contribution in [2.45, 2.75) is 57.7 Å². The summed E-state index contributed by atoms with van der Waals surface area (Å²) in [6.45, 7) is 6.85. The molecule has 0 radical (unpaired) electrons. The van der Waals surface area contributed by atoms with E-state index in [4.69, 9.17) is 27.9 Å². The maximum atomic E-state index is 11.2. The molecule has 0 aromatic heterocycles. The van der Waals surface area contributed by atoms with Crippen LogP contribution in [0.25, 0.3) is 0 Å². The molecule has 0 N–H and O–H groups in total. The summed E-state index contributed by atoms with van der Waals surface area (Å²) in [4.78, 5) is 10.1. The van der Waals surface area contributed by atoms with Gasteiger partial charge in [0.2, 0.25) is 4.84 Å². The number of unbranched alkanes of at least 4 members (excludes halogenated alkanes) is 1. The summed E-state index contributed by atoms with van der Waals surface area (Å²) >= 11 is 10.9. The van der Waals surface area contributed by atoms with Crippen LogP contribution in [0, 0.1) is 5.41 Å². The number of esters is 1. The van der Waals surface area contributed by atoms with Crippen LogP contribution in [-0.2, 0) is 9.53 Å². The number of carbonyl (C=O) groups excluding carboxylic acids is 1. The fraction of sp³-hybridized carbons (Fsp3) is 0.917. The zero-order valence-corrected chi connectivity index (χ0v) is 11.9. The Morgan fingerprint density at radius 1 is 1.25 bits per heavy atom. The molecule has 0 saturated heterocycles. The molecule has 16 heavy (non-hydrogen) atoms. The molecule has 0 aliphatic rings. The number of rotatable bonds is 8. The highest BCUT2D eigenvalue weighted by molar-refractivity contribution is 6.52. The van der Waals surface area contributed by atoms with E-state index in [-0.39, 0.29) is 5.41 Å². The maximum absolute atomic E-state index is 11.2. The number of hydrogen-bond donors (Lipinski definition) is 0. The summed E-state index contributed by atoms with van der Waals surface area (Å²) in [5.74, 6) is -0.536. The zero-order chi connectivity index (χ0) is 12.6. The average molecular weight is 269 g/mol. The molecule has 0 saturated carbocycles. The first kappa shape index (κ1) is 16.1. The molecule has 0 fully saturated rings. The van der Waals surface area contributed by atoms with Crippen LogP contribution >= 0.6 is 23.2 Å². The van der Waals surface area contributed by atoms with Crippen LogP contribution < -0.4 is 0 Å². The second-order valence-electron chi connectivity index (χ2n) is 4.22. The molecular weight excluding hydrogens is 247 g/mol. The molecule has 0 atom stereocenters. The predicted octanol–water partition coefficient (Wildman–Crippen LogP) is 4.33. The van der Waals surface area contributed by atoms with Crippen molar-refractivity contribution in [3.8, 4) is 0 Å². The number of alkyl halides is 2. The van der Waals surface area contributed by atoms with Gasteiger partial charge in [-0.3, -0.25) is 0 Å². The topological polar surface area (TPSA) is 26.3 Å². The van der Waals surface area contributed by atoms with Gasteiger partial charge < -0.3 is 4.74 Å². The molecule has 0 aromatic rings. The Balaban J connectivity index is 4.25. The van der Waals surface area contributed by atoms with Crippen molar-refractivity contribution < 1.29 is 9.53 Å². The van der Waals surface area contributed by atoms with Crippen LogP contribution in [0.15, 0.2) is 0 Å².